The third-order valence-corrected chi connectivity index (χ3v) is 2.75. The molecule has 1 rings (SSSR count). The van der Waals surface area contributed by atoms with Crippen LogP contribution in [0.5, 0.6) is 0 Å². The quantitative estimate of drug-likeness (QED) is 0.575. The Balaban J connectivity index is 2.79. The molecular weight excluding hydrogens is 228 g/mol. The van der Waals surface area contributed by atoms with Gasteiger partial charge in [0.2, 0.25) is 0 Å². The van der Waals surface area contributed by atoms with Crippen LogP contribution in [0.25, 0.3) is 0 Å². The van der Waals surface area contributed by atoms with Crippen molar-refractivity contribution in [3.8, 4) is 0 Å². The second-order valence-electron chi connectivity index (χ2n) is 4.87. The SMILES string of the molecule is C=CCOC(=O)Cc1c(C)nn(CC(C)C)c1C. The van der Waals surface area contributed by atoms with Crippen LogP contribution < -0.4 is 0 Å². The van der Waals surface area contributed by atoms with Gasteiger partial charge in [-0.1, -0.05) is 26.5 Å². The number of carbonyl (C=O) groups is 1. The first kappa shape index (κ1) is 14.5. The van der Waals surface area contributed by atoms with Gasteiger partial charge < -0.3 is 4.74 Å². The fourth-order valence-corrected chi connectivity index (χ4v) is 1.86. The highest BCUT2D eigenvalue weighted by Crippen LogP contribution is 2.15. The molecule has 0 aliphatic heterocycles. The number of nitrogens with zero attached hydrogens (tertiary/aromatic N) is 2. The molecule has 1 aromatic heterocycles. The number of hydrogen-bond acceptors (Lipinski definition) is 3. The highest BCUT2D eigenvalue weighted by atomic mass is 16.5. The summed E-state index contributed by atoms with van der Waals surface area (Å²) in [5.74, 6) is 0.300. The second kappa shape index (κ2) is 6.38. The summed E-state index contributed by atoms with van der Waals surface area (Å²) in [5, 5.41) is 4.47. The van der Waals surface area contributed by atoms with Crippen molar-refractivity contribution in [3.63, 3.8) is 0 Å². The van der Waals surface area contributed by atoms with E-state index >= 15 is 0 Å². The van der Waals surface area contributed by atoms with Crippen molar-refractivity contribution in [1.82, 2.24) is 9.78 Å². The maximum Gasteiger partial charge on any atom is 0.310 e. The van der Waals surface area contributed by atoms with Crippen LogP contribution in [0, 0.1) is 19.8 Å². The minimum absolute atomic E-state index is 0.231. The van der Waals surface area contributed by atoms with Gasteiger partial charge in [-0.05, 0) is 19.8 Å². The molecule has 0 saturated carbocycles. The van der Waals surface area contributed by atoms with Gasteiger partial charge in [-0.2, -0.15) is 5.10 Å². The van der Waals surface area contributed by atoms with Crippen molar-refractivity contribution in [2.75, 3.05) is 6.61 Å². The van der Waals surface area contributed by atoms with E-state index in [-0.39, 0.29) is 19.0 Å². The molecule has 1 aromatic rings. The van der Waals surface area contributed by atoms with Gasteiger partial charge in [0.25, 0.3) is 0 Å². The summed E-state index contributed by atoms with van der Waals surface area (Å²) in [5.41, 5.74) is 2.94. The topological polar surface area (TPSA) is 44.1 Å². The number of rotatable bonds is 6. The van der Waals surface area contributed by atoms with E-state index in [0.717, 1.165) is 23.5 Å². The minimum Gasteiger partial charge on any atom is -0.461 e. The van der Waals surface area contributed by atoms with E-state index in [1.54, 1.807) is 6.08 Å². The molecule has 0 fully saturated rings. The minimum atomic E-state index is -0.231. The molecule has 4 heteroatoms. The van der Waals surface area contributed by atoms with Crippen LogP contribution in [0.1, 0.15) is 30.8 Å². The summed E-state index contributed by atoms with van der Waals surface area (Å²) in [7, 11) is 0. The van der Waals surface area contributed by atoms with Crippen molar-refractivity contribution in [2.24, 2.45) is 5.92 Å². The number of carbonyl (C=O) groups excluding carboxylic acids is 1. The van der Waals surface area contributed by atoms with Gasteiger partial charge in [0.1, 0.15) is 6.61 Å². The Morgan fingerprint density at radius 1 is 1.50 bits per heavy atom. The molecule has 0 N–H and O–H groups in total. The average molecular weight is 250 g/mol. The standard InChI is InChI=1S/C14H22N2O2/c1-6-7-18-14(17)8-13-11(4)15-16(12(13)5)9-10(2)3/h6,10H,1,7-9H2,2-5H3. The Kier molecular flexibility index (Phi) is 5.13. The maximum atomic E-state index is 11.6. The lowest BCUT2D eigenvalue weighted by atomic mass is 10.1. The fraction of sp³-hybridized carbons (Fsp3) is 0.571. The highest BCUT2D eigenvalue weighted by Gasteiger charge is 2.15. The second-order valence-corrected chi connectivity index (χ2v) is 4.87. The van der Waals surface area contributed by atoms with Crippen molar-refractivity contribution < 1.29 is 9.53 Å². The normalized spacial score (nSPS) is 10.7. The molecule has 0 aliphatic rings. The summed E-state index contributed by atoms with van der Waals surface area (Å²) >= 11 is 0. The first-order chi connectivity index (χ1) is 8.45. The molecule has 1 heterocycles. The maximum absolute atomic E-state index is 11.6. The smallest absolute Gasteiger partial charge is 0.310 e. The summed E-state index contributed by atoms with van der Waals surface area (Å²) in [6, 6.07) is 0. The van der Waals surface area contributed by atoms with Crippen molar-refractivity contribution in [2.45, 2.75) is 40.7 Å². The predicted octanol–water partition coefficient (Wildman–Crippen LogP) is 2.43. The fourth-order valence-electron chi connectivity index (χ4n) is 1.86. The Bertz CT molecular complexity index is 433. The number of aryl methyl sites for hydroxylation is 1. The van der Waals surface area contributed by atoms with Crippen molar-refractivity contribution >= 4 is 5.97 Å². The average Bonchev–Trinajstić information content (AvgIpc) is 2.53. The van der Waals surface area contributed by atoms with E-state index in [9.17, 15) is 4.79 Å². The number of ether oxygens (including phenoxy) is 1. The Labute approximate surface area is 109 Å². The summed E-state index contributed by atoms with van der Waals surface area (Å²) in [6.07, 6.45) is 1.85. The zero-order valence-corrected chi connectivity index (χ0v) is 11.7. The van der Waals surface area contributed by atoms with Crippen LogP contribution in [0.15, 0.2) is 12.7 Å². The molecule has 0 radical (unpaired) electrons. The molecule has 0 spiro atoms. The summed E-state index contributed by atoms with van der Waals surface area (Å²) in [6.45, 7) is 12.9. The lowest BCUT2D eigenvalue weighted by molar-refractivity contribution is -0.141. The van der Waals surface area contributed by atoms with E-state index in [1.165, 1.54) is 0 Å². The first-order valence-corrected chi connectivity index (χ1v) is 6.25. The molecule has 0 saturated heterocycles. The Morgan fingerprint density at radius 2 is 2.17 bits per heavy atom. The third kappa shape index (κ3) is 3.72. The van der Waals surface area contributed by atoms with Crippen molar-refractivity contribution in [3.05, 3.63) is 29.6 Å². The summed E-state index contributed by atoms with van der Waals surface area (Å²) in [4.78, 5) is 11.6. The molecule has 0 atom stereocenters. The van der Waals surface area contributed by atoms with Crippen LogP contribution in [0.2, 0.25) is 0 Å². The highest BCUT2D eigenvalue weighted by molar-refractivity contribution is 5.73. The predicted molar refractivity (Wildman–Crippen MR) is 71.4 cm³/mol. The van der Waals surface area contributed by atoms with Crippen LogP contribution in [0.3, 0.4) is 0 Å². The van der Waals surface area contributed by atoms with Crippen LogP contribution in [-0.2, 0) is 22.5 Å². The monoisotopic (exact) mass is 250 g/mol. The van der Waals surface area contributed by atoms with Crippen LogP contribution in [0.4, 0.5) is 0 Å². The Hall–Kier alpha value is -1.58. The molecule has 4 nitrogen and oxygen atoms in total. The third-order valence-electron chi connectivity index (χ3n) is 2.75. The zero-order chi connectivity index (χ0) is 13.7. The molecule has 0 aliphatic carbocycles. The van der Waals surface area contributed by atoms with E-state index in [2.05, 4.69) is 25.5 Å². The summed E-state index contributed by atoms with van der Waals surface area (Å²) < 4.78 is 6.97. The molecular formula is C14H22N2O2. The van der Waals surface area contributed by atoms with E-state index in [0.29, 0.717) is 5.92 Å². The van der Waals surface area contributed by atoms with Gasteiger partial charge in [-0.15, -0.1) is 0 Å². The van der Waals surface area contributed by atoms with Gasteiger partial charge in [0, 0.05) is 17.8 Å². The van der Waals surface area contributed by atoms with Crippen LogP contribution in [-0.4, -0.2) is 22.4 Å². The van der Waals surface area contributed by atoms with Gasteiger partial charge in [0.15, 0.2) is 0 Å². The molecule has 0 unspecified atom stereocenters. The van der Waals surface area contributed by atoms with Crippen LogP contribution >= 0.6 is 0 Å². The number of esters is 1. The van der Waals surface area contributed by atoms with E-state index in [1.807, 2.05) is 18.5 Å². The molecule has 0 aromatic carbocycles. The molecule has 18 heavy (non-hydrogen) atoms. The van der Waals surface area contributed by atoms with Gasteiger partial charge in [-0.25, -0.2) is 0 Å². The van der Waals surface area contributed by atoms with Crippen molar-refractivity contribution in [1.29, 1.82) is 0 Å². The van der Waals surface area contributed by atoms with Gasteiger partial charge >= 0.3 is 5.97 Å². The van der Waals surface area contributed by atoms with Gasteiger partial charge in [0.05, 0.1) is 12.1 Å². The zero-order valence-electron chi connectivity index (χ0n) is 11.7. The molecule has 0 bridgehead atoms. The van der Waals surface area contributed by atoms with Gasteiger partial charge in [-0.3, -0.25) is 9.48 Å². The molecule has 0 amide bonds. The van der Waals surface area contributed by atoms with E-state index in [4.69, 9.17) is 4.74 Å². The van der Waals surface area contributed by atoms with E-state index < -0.39 is 0 Å². The number of hydrogen-bond donors (Lipinski definition) is 0. The largest absolute Gasteiger partial charge is 0.461 e. The first-order valence-electron chi connectivity index (χ1n) is 6.25. The Morgan fingerprint density at radius 3 is 2.72 bits per heavy atom. The molecule has 100 valence electrons. The number of aromatic nitrogens is 2. The lowest BCUT2D eigenvalue weighted by Crippen LogP contribution is -2.10. The lowest BCUT2D eigenvalue weighted by Gasteiger charge is -2.07.